The van der Waals surface area contributed by atoms with Crippen LogP contribution in [0.15, 0.2) is 30.9 Å². The highest BCUT2D eigenvalue weighted by atomic mass is 16.7. The van der Waals surface area contributed by atoms with Gasteiger partial charge in [0.15, 0.2) is 18.0 Å². The third-order valence-electron chi connectivity index (χ3n) is 4.41. The smallest absolute Gasteiger partial charge is 0.275 e. The minimum absolute atomic E-state index is 0.110. The van der Waals surface area contributed by atoms with E-state index in [0.29, 0.717) is 19.9 Å². The number of benzene rings is 1. The van der Waals surface area contributed by atoms with E-state index in [9.17, 15) is 4.79 Å². The summed E-state index contributed by atoms with van der Waals surface area (Å²) in [5, 5.41) is 2.84. The Bertz CT molecular complexity index is 568. The Morgan fingerprint density at radius 2 is 1.91 bits per heavy atom. The SMILES string of the molecule is C=CCNC(=O)C[NH+]1CC[NH+](Cc2ccc3c(c2)OCO3)CC1. The van der Waals surface area contributed by atoms with Crippen LogP contribution in [-0.2, 0) is 11.3 Å². The first-order valence-electron chi connectivity index (χ1n) is 8.18. The fraction of sp³-hybridized carbons (Fsp3) is 0.471. The number of ether oxygens (including phenoxy) is 2. The summed E-state index contributed by atoms with van der Waals surface area (Å²) < 4.78 is 10.8. The summed E-state index contributed by atoms with van der Waals surface area (Å²) in [6.07, 6.45) is 1.71. The van der Waals surface area contributed by atoms with Gasteiger partial charge in [-0.05, 0) is 18.2 Å². The predicted octanol–water partition coefficient (Wildman–Crippen LogP) is -2.00. The second-order valence-corrected chi connectivity index (χ2v) is 6.13. The summed E-state index contributed by atoms with van der Waals surface area (Å²) >= 11 is 0. The average molecular weight is 319 g/mol. The van der Waals surface area contributed by atoms with Gasteiger partial charge >= 0.3 is 0 Å². The standard InChI is InChI=1S/C17H23N3O3/c1-2-5-18-17(21)12-20-8-6-19(7-9-20)11-14-3-4-15-16(10-14)23-13-22-15/h2-4,10H,1,5-9,11-13H2,(H,18,21)/p+2. The molecule has 1 amide bonds. The van der Waals surface area contributed by atoms with Crippen LogP contribution in [0.1, 0.15) is 5.56 Å². The Morgan fingerprint density at radius 3 is 2.70 bits per heavy atom. The van der Waals surface area contributed by atoms with E-state index in [1.54, 1.807) is 11.0 Å². The largest absolute Gasteiger partial charge is 0.454 e. The van der Waals surface area contributed by atoms with Crippen LogP contribution in [0.3, 0.4) is 0 Å². The first kappa shape index (κ1) is 15.8. The van der Waals surface area contributed by atoms with Crippen molar-refractivity contribution in [3.8, 4) is 11.5 Å². The lowest BCUT2D eigenvalue weighted by Crippen LogP contribution is -3.28. The van der Waals surface area contributed by atoms with E-state index in [4.69, 9.17) is 9.47 Å². The molecule has 0 spiro atoms. The number of carbonyl (C=O) groups is 1. The highest BCUT2D eigenvalue weighted by molar-refractivity contribution is 5.76. The third kappa shape index (κ3) is 4.24. The van der Waals surface area contributed by atoms with Crippen LogP contribution in [0.4, 0.5) is 0 Å². The van der Waals surface area contributed by atoms with E-state index in [0.717, 1.165) is 44.2 Å². The fourth-order valence-electron chi connectivity index (χ4n) is 3.13. The van der Waals surface area contributed by atoms with Crippen molar-refractivity contribution < 1.29 is 24.1 Å². The Hall–Kier alpha value is -2.05. The van der Waals surface area contributed by atoms with Crippen LogP contribution in [0.2, 0.25) is 0 Å². The maximum Gasteiger partial charge on any atom is 0.275 e. The lowest BCUT2D eigenvalue weighted by molar-refractivity contribution is -1.02. The number of piperazine rings is 1. The van der Waals surface area contributed by atoms with E-state index in [-0.39, 0.29) is 5.91 Å². The van der Waals surface area contributed by atoms with Gasteiger partial charge in [-0.15, -0.1) is 6.58 Å². The molecular formula is C17H25N3O3+2. The van der Waals surface area contributed by atoms with Crippen molar-refractivity contribution >= 4 is 5.91 Å². The fourth-order valence-corrected chi connectivity index (χ4v) is 3.13. The van der Waals surface area contributed by atoms with Gasteiger partial charge < -0.3 is 24.6 Å². The summed E-state index contributed by atoms with van der Waals surface area (Å²) in [4.78, 5) is 14.7. The van der Waals surface area contributed by atoms with Gasteiger partial charge in [0.1, 0.15) is 32.7 Å². The number of hydrogen-bond donors (Lipinski definition) is 3. The maximum absolute atomic E-state index is 11.7. The summed E-state index contributed by atoms with van der Waals surface area (Å²) in [6.45, 7) is 10.3. The number of hydrogen-bond acceptors (Lipinski definition) is 3. The van der Waals surface area contributed by atoms with Crippen LogP contribution in [0.25, 0.3) is 0 Å². The Morgan fingerprint density at radius 1 is 1.17 bits per heavy atom. The lowest BCUT2D eigenvalue weighted by Gasteiger charge is -2.29. The first-order valence-corrected chi connectivity index (χ1v) is 8.18. The molecule has 124 valence electrons. The van der Waals surface area contributed by atoms with Gasteiger partial charge in [-0.25, -0.2) is 0 Å². The second kappa shape index (κ2) is 7.48. The Labute approximate surface area is 136 Å². The molecule has 3 N–H and O–H groups in total. The van der Waals surface area contributed by atoms with Gasteiger partial charge in [0.25, 0.3) is 5.91 Å². The Balaban J connectivity index is 1.44. The molecule has 6 heteroatoms. The highest BCUT2D eigenvalue weighted by Gasteiger charge is 2.25. The van der Waals surface area contributed by atoms with Crippen molar-refractivity contribution in [2.24, 2.45) is 0 Å². The number of nitrogens with one attached hydrogen (secondary N) is 3. The van der Waals surface area contributed by atoms with Gasteiger partial charge in [0.2, 0.25) is 6.79 Å². The first-order chi connectivity index (χ1) is 11.2. The molecule has 0 aromatic heterocycles. The van der Waals surface area contributed by atoms with Crippen LogP contribution in [-0.4, -0.2) is 52.0 Å². The van der Waals surface area contributed by atoms with Gasteiger partial charge in [-0.1, -0.05) is 6.08 Å². The molecule has 0 bridgehead atoms. The van der Waals surface area contributed by atoms with Crippen molar-refractivity contribution in [2.45, 2.75) is 6.54 Å². The molecule has 1 saturated heterocycles. The molecule has 0 radical (unpaired) electrons. The number of quaternary nitrogens is 2. The molecule has 23 heavy (non-hydrogen) atoms. The predicted molar refractivity (Wildman–Crippen MR) is 85.7 cm³/mol. The molecule has 2 aliphatic heterocycles. The molecule has 6 nitrogen and oxygen atoms in total. The average Bonchev–Trinajstić information content (AvgIpc) is 3.02. The van der Waals surface area contributed by atoms with E-state index in [1.165, 1.54) is 10.5 Å². The summed E-state index contributed by atoms with van der Waals surface area (Å²) in [5.41, 5.74) is 1.27. The number of carbonyl (C=O) groups excluding carboxylic acids is 1. The zero-order valence-electron chi connectivity index (χ0n) is 13.4. The van der Waals surface area contributed by atoms with Crippen LogP contribution >= 0.6 is 0 Å². The van der Waals surface area contributed by atoms with Crippen molar-refractivity contribution in [2.75, 3.05) is 46.1 Å². The summed E-state index contributed by atoms with van der Waals surface area (Å²) in [7, 11) is 0. The van der Waals surface area contributed by atoms with Crippen molar-refractivity contribution in [1.82, 2.24) is 5.32 Å². The van der Waals surface area contributed by atoms with E-state index < -0.39 is 0 Å². The molecule has 1 fully saturated rings. The van der Waals surface area contributed by atoms with E-state index in [1.807, 2.05) is 6.07 Å². The van der Waals surface area contributed by atoms with Gasteiger partial charge in [-0.2, -0.15) is 0 Å². The van der Waals surface area contributed by atoms with Gasteiger partial charge in [-0.3, -0.25) is 4.79 Å². The zero-order chi connectivity index (χ0) is 16.1. The zero-order valence-corrected chi connectivity index (χ0v) is 13.4. The molecule has 1 aromatic rings. The number of rotatable bonds is 6. The van der Waals surface area contributed by atoms with Crippen molar-refractivity contribution in [3.05, 3.63) is 36.4 Å². The maximum atomic E-state index is 11.7. The number of amides is 1. The third-order valence-corrected chi connectivity index (χ3v) is 4.41. The molecule has 2 aliphatic rings. The summed E-state index contributed by atoms with van der Waals surface area (Å²) in [5.74, 6) is 1.80. The minimum atomic E-state index is 0.110. The van der Waals surface area contributed by atoms with Crippen molar-refractivity contribution in [1.29, 1.82) is 0 Å². The van der Waals surface area contributed by atoms with E-state index >= 15 is 0 Å². The Kier molecular flexibility index (Phi) is 5.15. The van der Waals surface area contributed by atoms with E-state index in [2.05, 4.69) is 24.0 Å². The molecule has 0 atom stereocenters. The molecule has 0 saturated carbocycles. The quantitative estimate of drug-likeness (QED) is 0.532. The van der Waals surface area contributed by atoms with Crippen molar-refractivity contribution in [3.63, 3.8) is 0 Å². The molecule has 2 heterocycles. The molecule has 0 aliphatic carbocycles. The molecule has 1 aromatic carbocycles. The van der Waals surface area contributed by atoms with Gasteiger partial charge in [0.05, 0.1) is 0 Å². The topological polar surface area (TPSA) is 56.4 Å². The van der Waals surface area contributed by atoms with Gasteiger partial charge in [0, 0.05) is 12.1 Å². The monoisotopic (exact) mass is 319 g/mol. The number of fused-ring (bicyclic) bond motifs is 1. The van der Waals surface area contributed by atoms with Crippen LogP contribution in [0, 0.1) is 0 Å². The second-order valence-electron chi connectivity index (χ2n) is 6.13. The summed E-state index contributed by atoms with van der Waals surface area (Å²) in [6, 6.07) is 6.18. The highest BCUT2D eigenvalue weighted by Crippen LogP contribution is 2.32. The molecule has 0 unspecified atom stereocenters. The molecule has 3 rings (SSSR count). The lowest BCUT2D eigenvalue weighted by atomic mass is 10.1. The minimum Gasteiger partial charge on any atom is -0.454 e. The molecular weight excluding hydrogens is 294 g/mol. The van der Waals surface area contributed by atoms with Crippen LogP contribution in [0.5, 0.6) is 11.5 Å². The normalized spacial score (nSPS) is 22.6. The van der Waals surface area contributed by atoms with Crippen LogP contribution < -0.4 is 24.6 Å².